The Hall–Kier alpha value is -2.74. The molecule has 1 N–H and O–H groups in total. The Morgan fingerprint density at radius 1 is 1.21 bits per heavy atom. The van der Waals surface area contributed by atoms with E-state index in [1.165, 1.54) is 10.2 Å². The molecule has 0 atom stereocenters. The summed E-state index contributed by atoms with van der Waals surface area (Å²) in [5.41, 5.74) is 3.10. The molecular weight excluding hydrogens is 386 g/mol. The van der Waals surface area contributed by atoms with Crippen LogP contribution in [0.2, 0.25) is 0 Å². The van der Waals surface area contributed by atoms with E-state index in [9.17, 15) is 9.59 Å². The van der Waals surface area contributed by atoms with Crippen molar-refractivity contribution in [1.82, 2.24) is 24.6 Å². The lowest BCUT2D eigenvalue weighted by molar-refractivity contribution is -0.121. The number of carbonyl (C=O) groups is 1. The van der Waals surface area contributed by atoms with Crippen LogP contribution < -0.4 is 11.0 Å². The van der Waals surface area contributed by atoms with Gasteiger partial charge < -0.3 is 5.32 Å². The van der Waals surface area contributed by atoms with Crippen LogP contribution in [0, 0.1) is 6.92 Å². The van der Waals surface area contributed by atoms with Crippen molar-refractivity contribution in [3.05, 3.63) is 57.2 Å². The van der Waals surface area contributed by atoms with Gasteiger partial charge in [-0.1, -0.05) is 36.2 Å². The van der Waals surface area contributed by atoms with Crippen molar-refractivity contribution < 1.29 is 4.79 Å². The molecule has 0 radical (unpaired) electrons. The highest BCUT2D eigenvalue weighted by atomic mass is 32.1. The minimum absolute atomic E-state index is 0.0372. The van der Waals surface area contributed by atoms with Gasteiger partial charge in [-0.05, 0) is 19.8 Å². The summed E-state index contributed by atoms with van der Waals surface area (Å²) in [7, 11) is 0. The Morgan fingerprint density at radius 3 is 2.86 bits per heavy atom. The summed E-state index contributed by atoms with van der Waals surface area (Å²) in [4.78, 5) is 29.3. The van der Waals surface area contributed by atoms with E-state index < -0.39 is 0 Å². The average molecular weight is 412 g/mol. The molecule has 1 amide bonds. The Kier molecular flexibility index (Phi) is 5.89. The van der Waals surface area contributed by atoms with Crippen LogP contribution in [0.15, 0.2) is 34.4 Å². The van der Waals surface area contributed by atoms with Crippen molar-refractivity contribution in [2.24, 2.45) is 0 Å². The molecule has 0 aliphatic carbocycles. The highest BCUT2D eigenvalue weighted by Gasteiger charge is 2.17. The molecule has 0 fully saturated rings. The first kappa shape index (κ1) is 19.6. The van der Waals surface area contributed by atoms with Crippen molar-refractivity contribution in [3.8, 4) is 10.6 Å². The molecule has 0 saturated carbocycles. The predicted molar refractivity (Wildman–Crippen MR) is 113 cm³/mol. The van der Waals surface area contributed by atoms with E-state index in [-0.39, 0.29) is 18.1 Å². The first-order valence-electron chi connectivity index (χ1n) is 10.0. The van der Waals surface area contributed by atoms with Gasteiger partial charge in [-0.15, -0.1) is 11.3 Å². The molecule has 8 heteroatoms. The smallest absolute Gasteiger partial charge is 0.346 e. The minimum Gasteiger partial charge on any atom is -0.354 e. The van der Waals surface area contributed by atoms with Crippen LogP contribution in [0.1, 0.15) is 36.3 Å². The van der Waals surface area contributed by atoms with E-state index in [1.54, 1.807) is 15.9 Å². The normalized spacial score (nSPS) is 13.7. The third-order valence-electron chi connectivity index (χ3n) is 5.13. The number of benzene rings is 1. The van der Waals surface area contributed by atoms with E-state index in [0.29, 0.717) is 19.5 Å². The van der Waals surface area contributed by atoms with E-state index in [0.717, 1.165) is 47.8 Å². The van der Waals surface area contributed by atoms with Crippen molar-refractivity contribution in [3.63, 3.8) is 0 Å². The second-order valence-corrected chi connectivity index (χ2v) is 8.29. The molecule has 0 saturated heterocycles. The molecule has 0 unspecified atom stereocenters. The van der Waals surface area contributed by atoms with E-state index in [4.69, 9.17) is 0 Å². The fraction of sp³-hybridized carbons (Fsp3) is 0.429. The van der Waals surface area contributed by atoms with Gasteiger partial charge in [-0.2, -0.15) is 5.10 Å². The van der Waals surface area contributed by atoms with Crippen LogP contribution >= 0.6 is 11.3 Å². The fourth-order valence-corrected chi connectivity index (χ4v) is 4.36. The minimum atomic E-state index is -0.200. The topological polar surface area (TPSA) is 81.8 Å². The highest BCUT2D eigenvalue weighted by molar-refractivity contribution is 7.13. The van der Waals surface area contributed by atoms with Gasteiger partial charge in [0.15, 0.2) is 0 Å². The van der Waals surface area contributed by atoms with Crippen molar-refractivity contribution in [2.45, 2.75) is 52.1 Å². The van der Waals surface area contributed by atoms with Gasteiger partial charge in [0.25, 0.3) is 0 Å². The van der Waals surface area contributed by atoms with Gasteiger partial charge in [0.1, 0.15) is 17.4 Å². The summed E-state index contributed by atoms with van der Waals surface area (Å²) in [6.45, 7) is 3.21. The number of amides is 1. The van der Waals surface area contributed by atoms with Gasteiger partial charge >= 0.3 is 5.69 Å². The molecule has 1 aromatic carbocycles. The lowest BCUT2D eigenvalue weighted by Gasteiger charge is -2.04. The molecule has 3 heterocycles. The maximum absolute atomic E-state index is 12.4. The molecule has 4 rings (SSSR count). The van der Waals surface area contributed by atoms with Gasteiger partial charge in [-0.3, -0.25) is 9.36 Å². The number of aromatic nitrogens is 4. The van der Waals surface area contributed by atoms with Gasteiger partial charge in [-0.25, -0.2) is 14.5 Å². The highest BCUT2D eigenvalue weighted by Crippen LogP contribution is 2.24. The van der Waals surface area contributed by atoms with Crippen LogP contribution in [-0.4, -0.2) is 31.8 Å². The molecule has 0 spiro atoms. The number of nitrogens with one attached hydrogen (secondary N) is 1. The van der Waals surface area contributed by atoms with E-state index >= 15 is 0 Å². The van der Waals surface area contributed by atoms with E-state index in [2.05, 4.69) is 46.6 Å². The van der Waals surface area contributed by atoms with Crippen molar-refractivity contribution in [2.75, 3.05) is 6.54 Å². The monoisotopic (exact) mass is 411 g/mol. The zero-order valence-corrected chi connectivity index (χ0v) is 17.4. The standard InChI is InChI=1S/C21H25N5O2S/c1-15-6-8-16(9-7-15)20-23-17(14-29-20)10-11-22-19(27)13-26-21(28)25-12-4-2-3-5-18(25)24-26/h6-9,14H,2-5,10-13H2,1H3,(H,22,27). The molecule has 1 aliphatic rings. The van der Waals surface area contributed by atoms with Gasteiger partial charge in [0, 0.05) is 36.9 Å². The van der Waals surface area contributed by atoms with Crippen molar-refractivity contribution >= 4 is 17.2 Å². The molecule has 3 aromatic rings. The van der Waals surface area contributed by atoms with Crippen LogP contribution in [0.3, 0.4) is 0 Å². The summed E-state index contributed by atoms with van der Waals surface area (Å²) < 4.78 is 3.00. The first-order valence-corrected chi connectivity index (χ1v) is 10.9. The summed E-state index contributed by atoms with van der Waals surface area (Å²) in [5, 5.41) is 10.2. The maximum Gasteiger partial charge on any atom is 0.346 e. The Bertz CT molecular complexity index is 1050. The van der Waals surface area contributed by atoms with Crippen LogP contribution in [0.5, 0.6) is 0 Å². The second-order valence-electron chi connectivity index (χ2n) is 7.43. The molecule has 2 aromatic heterocycles. The fourth-order valence-electron chi connectivity index (χ4n) is 3.50. The predicted octanol–water partition coefficient (Wildman–Crippen LogP) is 2.56. The Labute approximate surface area is 173 Å². The quantitative estimate of drug-likeness (QED) is 0.676. The number of thiazole rings is 1. The van der Waals surface area contributed by atoms with Crippen LogP contribution in [0.25, 0.3) is 10.6 Å². The molecular formula is C21H25N5O2S. The van der Waals surface area contributed by atoms with Crippen molar-refractivity contribution in [1.29, 1.82) is 0 Å². The number of hydrogen-bond donors (Lipinski definition) is 1. The number of aryl methyl sites for hydroxylation is 2. The lowest BCUT2D eigenvalue weighted by atomic mass is 10.2. The van der Waals surface area contributed by atoms with Crippen LogP contribution in [-0.2, 0) is 30.7 Å². The summed E-state index contributed by atoms with van der Waals surface area (Å²) in [6, 6.07) is 8.30. The summed E-state index contributed by atoms with van der Waals surface area (Å²) in [6.07, 6.45) is 4.61. The molecule has 29 heavy (non-hydrogen) atoms. The molecule has 152 valence electrons. The Balaban J connectivity index is 1.30. The van der Waals surface area contributed by atoms with Crippen LogP contribution in [0.4, 0.5) is 0 Å². The second kappa shape index (κ2) is 8.73. The largest absolute Gasteiger partial charge is 0.354 e. The number of hydrogen-bond acceptors (Lipinski definition) is 5. The number of rotatable bonds is 6. The van der Waals surface area contributed by atoms with Gasteiger partial charge in [0.05, 0.1) is 5.69 Å². The number of nitrogens with zero attached hydrogens (tertiary/aromatic N) is 4. The van der Waals surface area contributed by atoms with E-state index in [1.807, 2.05) is 5.38 Å². The zero-order chi connectivity index (χ0) is 20.2. The third kappa shape index (κ3) is 4.64. The molecule has 7 nitrogen and oxygen atoms in total. The third-order valence-corrected chi connectivity index (χ3v) is 6.07. The van der Waals surface area contributed by atoms with Gasteiger partial charge in [0.2, 0.25) is 5.91 Å². The summed E-state index contributed by atoms with van der Waals surface area (Å²) >= 11 is 1.61. The SMILES string of the molecule is Cc1ccc(-c2nc(CCNC(=O)Cn3nc4n(c3=O)CCCCC4)cs2)cc1. The Morgan fingerprint density at radius 2 is 2.03 bits per heavy atom. The number of carbonyl (C=O) groups excluding carboxylic acids is 1. The molecule has 0 bridgehead atoms. The lowest BCUT2D eigenvalue weighted by Crippen LogP contribution is -2.34. The summed E-state index contributed by atoms with van der Waals surface area (Å²) in [5.74, 6) is 0.598. The first-order chi connectivity index (χ1) is 14.1. The molecule has 1 aliphatic heterocycles. The average Bonchev–Trinajstić information content (AvgIpc) is 3.20. The zero-order valence-electron chi connectivity index (χ0n) is 16.6. The number of fused-ring (bicyclic) bond motifs is 1. The maximum atomic E-state index is 12.4.